The monoisotopic (exact) mass is 660 g/mol. The van der Waals surface area contributed by atoms with Crippen molar-refractivity contribution < 1.29 is 41.4 Å². The summed E-state index contributed by atoms with van der Waals surface area (Å²) < 4.78 is 72.8. The number of hydrogen-bond acceptors (Lipinski definition) is 10. The number of nitrogens with zero attached hydrogens (tertiary/aromatic N) is 6. The van der Waals surface area contributed by atoms with Gasteiger partial charge in [0.15, 0.2) is 16.6 Å². The van der Waals surface area contributed by atoms with Crippen LogP contribution in [0.25, 0.3) is 10.9 Å². The van der Waals surface area contributed by atoms with Crippen LogP contribution in [0.15, 0.2) is 24.4 Å². The molecule has 1 saturated heterocycles. The Kier molecular flexibility index (Phi) is 8.26. The molecular formula is C30H28F4N6O5S. The summed E-state index contributed by atoms with van der Waals surface area (Å²) in [6.07, 6.45) is -3.24. The Balaban J connectivity index is 1.50. The van der Waals surface area contributed by atoms with E-state index in [0.717, 1.165) is 30.0 Å². The molecule has 0 unspecified atom stereocenters. The molecule has 0 radical (unpaired) electrons. The number of pyridine rings is 1. The van der Waals surface area contributed by atoms with E-state index in [0.29, 0.717) is 11.9 Å². The van der Waals surface area contributed by atoms with Crippen molar-refractivity contribution in [2.45, 2.75) is 70.7 Å². The normalized spacial score (nSPS) is 16.5. The fourth-order valence-corrected chi connectivity index (χ4v) is 5.33. The first-order chi connectivity index (χ1) is 21.4. The number of thiocarbonyl (C=S) groups is 1. The van der Waals surface area contributed by atoms with Crippen molar-refractivity contribution in [2.24, 2.45) is 0 Å². The van der Waals surface area contributed by atoms with Crippen LogP contribution in [0.2, 0.25) is 0 Å². The third-order valence-electron chi connectivity index (χ3n) is 7.06. The summed E-state index contributed by atoms with van der Waals surface area (Å²) in [4.78, 5) is 40.2. The average molecular weight is 661 g/mol. The van der Waals surface area contributed by atoms with Crippen LogP contribution in [0.4, 0.5) is 33.7 Å². The van der Waals surface area contributed by atoms with E-state index in [-0.39, 0.29) is 52.4 Å². The highest BCUT2D eigenvalue weighted by atomic mass is 32.1. The van der Waals surface area contributed by atoms with Gasteiger partial charge in [0, 0.05) is 11.6 Å². The van der Waals surface area contributed by atoms with Crippen LogP contribution >= 0.6 is 12.2 Å². The SMILES string of the molecule is CC(C)(C)OC(=O)OCCOc1nc(C2CC2)nc2c(F)cc(N3C(=S)N(c4cnc(C#N)c(C(F)(F)F)c4)C(=O)C3(C)C)cc12. The third kappa shape index (κ3) is 6.37. The van der Waals surface area contributed by atoms with E-state index < -0.39 is 46.5 Å². The molecule has 3 heterocycles. The number of fused-ring (bicyclic) bond motifs is 1. The highest BCUT2D eigenvalue weighted by Crippen LogP contribution is 2.43. The molecule has 1 saturated carbocycles. The number of amides is 1. The van der Waals surface area contributed by atoms with Gasteiger partial charge in [0.25, 0.3) is 5.91 Å². The molecule has 2 fully saturated rings. The van der Waals surface area contributed by atoms with Gasteiger partial charge in [0.1, 0.15) is 41.8 Å². The van der Waals surface area contributed by atoms with Crippen molar-refractivity contribution in [3.8, 4) is 11.9 Å². The van der Waals surface area contributed by atoms with Crippen molar-refractivity contribution in [3.63, 3.8) is 0 Å². The van der Waals surface area contributed by atoms with Gasteiger partial charge >= 0.3 is 12.3 Å². The summed E-state index contributed by atoms with van der Waals surface area (Å²) >= 11 is 5.57. The lowest BCUT2D eigenvalue weighted by Gasteiger charge is -2.29. The van der Waals surface area contributed by atoms with Gasteiger partial charge in [0.05, 0.1) is 22.8 Å². The minimum Gasteiger partial charge on any atom is -0.474 e. The number of aromatic nitrogens is 3. The lowest BCUT2D eigenvalue weighted by Crippen LogP contribution is -2.44. The predicted molar refractivity (Wildman–Crippen MR) is 160 cm³/mol. The van der Waals surface area contributed by atoms with Gasteiger partial charge in [-0.3, -0.25) is 9.69 Å². The zero-order valence-electron chi connectivity index (χ0n) is 25.4. The van der Waals surface area contributed by atoms with E-state index in [4.69, 9.17) is 31.7 Å². The zero-order chi connectivity index (χ0) is 33.8. The van der Waals surface area contributed by atoms with Gasteiger partial charge in [-0.25, -0.2) is 19.2 Å². The van der Waals surface area contributed by atoms with Gasteiger partial charge in [-0.2, -0.15) is 23.4 Å². The lowest BCUT2D eigenvalue weighted by molar-refractivity contribution is -0.138. The Bertz CT molecular complexity index is 1800. The molecule has 1 aliphatic carbocycles. The largest absolute Gasteiger partial charge is 0.508 e. The number of anilines is 2. The van der Waals surface area contributed by atoms with Crippen molar-refractivity contribution in [1.82, 2.24) is 15.0 Å². The average Bonchev–Trinajstić information content (AvgIpc) is 3.77. The van der Waals surface area contributed by atoms with E-state index in [9.17, 15) is 22.8 Å². The van der Waals surface area contributed by atoms with Crippen LogP contribution in [0.3, 0.4) is 0 Å². The lowest BCUT2D eigenvalue weighted by atomic mass is 10.0. The summed E-state index contributed by atoms with van der Waals surface area (Å²) in [5.41, 5.74) is -4.75. The topological polar surface area (TPSA) is 131 Å². The maximum atomic E-state index is 15.8. The summed E-state index contributed by atoms with van der Waals surface area (Å²) in [6.45, 7) is 7.65. The molecule has 11 nitrogen and oxygen atoms in total. The second-order valence-electron chi connectivity index (χ2n) is 12.2. The molecule has 0 atom stereocenters. The molecule has 2 aliphatic rings. The maximum absolute atomic E-state index is 15.8. The van der Waals surface area contributed by atoms with E-state index >= 15 is 4.39 Å². The summed E-state index contributed by atoms with van der Waals surface area (Å²) in [5, 5.41) is 9.00. The van der Waals surface area contributed by atoms with Gasteiger partial charge in [0.2, 0.25) is 5.88 Å². The number of nitriles is 1. The molecule has 242 valence electrons. The maximum Gasteiger partial charge on any atom is 0.508 e. The molecular weight excluding hydrogens is 632 g/mol. The first kappa shape index (κ1) is 32.7. The molecule has 16 heteroatoms. The van der Waals surface area contributed by atoms with E-state index in [2.05, 4.69) is 15.0 Å². The Morgan fingerprint density at radius 3 is 2.43 bits per heavy atom. The second-order valence-corrected chi connectivity index (χ2v) is 12.5. The third-order valence-corrected chi connectivity index (χ3v) is 7.43. The Hall–Kier alpha value is -4.65. The number of halogens is 4. The van der Waals surface area contributed by atoms with E-state index in [1.165, 1.54) is 30.9 Å². The fraction of sp³-hybridized carbons (Fsp3) is 0.433. The molecule has 0 bridgehead atoms. The van der Waals surface area contributed by atoms with Gasteiger partial charge in [-0.15, -0.1) is 0 Å². The summed E-state index contributed by atoms with van der Waals surface area (Å²) in [6, 6.07) is 4.59. The predicted octanol–water partition coefficient (Wildman–Crippen LogP) is 6.18. The van der Waals surface area contributed by atoms with E-state index in [1.54, 1.807) is 20.8 Å². The minimum absolute atomic E-state index is 0.00217. The van der Waals surface area contributed by atoms with Crippen LogP contribution in [0, 0.1) is 17.1 Å². The zero-order valence-corrected chi connectivity index (χ0v) is 26.2. The molecule has 0 spiro atoms. The number of ether oxygens (including phenoxy) is 3. The molecule has 1 aliphatic heterocycles. The highest BCUT2D eigenvalue weighted by Gasteiger charge is 2.51. The first-order valence-corrected chi connectivity index (χ1v) is 14.5. The summed E-state index contributed by atoms with van der Waals surface area (Å²) in [5.74, 6) is -1.08. The molecule has 5 rings (SSSR count). The van der Waals surface area contributed by atoms with Crippen molar-refractivity contribution >= 4 is 51.7 Å². The Morgan fingerprint density at radius 1 is 1.13 bits per heavy atom. The van der Waals surface area contributed by atoms with Crippen LogP contribution in [-0.4, -0.2) is 56.5 Å². The number of rotatable bonds is 7. The highest BCUT2D eigenvalue weighted by molar-refractivity contribution is 7.81. The van der Waals surface area contributed by atoms with Gasteiger partial charge in [-0.05, 0) is 77.9 Å². The number of alkyl halides is 3. The van der Waals surface area contributed by atoms with Crippen LogP contribution < -0.4 is 14.5 Å². The standard InChI is InChI=1S/C30H28F4N6O5S/c1-28(2,3)45-27(42)44-9-8-43-24-18-10-16(12-20(31)22(18)37-23(38-24)15-6-7-15)40-26(46)39(25(41)29(40,4)5)17-11-19(30(32,33)34)21(13-35)36-14-17/h10-12,14-15H,6-9H2,1-5H3. The second kappa shape index (κ2) is 11.6. The number of carbonyl (C=O) groups is 2. The van der Waals surface area contributed by atoms with Crippen LogP contribution in [0.1, 0.15) is 70.5 Å². The number of carbonyl (C=O) groups excluding carboxylic acids is 2. The first-order valence-electron chi connectivity index (χ1n) is 14.1. The summed E-state index contributed by atoms with van der Waals surface area (Å²) in [7, 11) is 0. The molecule has 46 heavy (non-hydrogen) atoms. The minimum atomic E-state index is -4.93. The quantitative estimate of drug-likeness (QED) is 0.125. The molecule has 3 aromatic rings. The van der Waals surface area contributed by atoms with E-state index in [1.807, 2.05) is 0 Å². The fourth-order valence-electron chi connectivity index (χ4n) is 4.81. The Morgan fingerprint density at radius 2 is 1.83 bits per heavy atom. The molecule has 1 aromatic carbocycles. The number of hydrogen-bond donors (Lipinski definition) is 0. The van der Waals surface area contributed by atoms with Crippen LogP contribution in [-0.2, 0) is 20.4 Å². The molecule has 2 aromatic heterocycles. The molecule has 1 amide bonds. The van der Waals surface area contributed by atoms with Gasteiger partial charge in [-0.1, -0.05) is 0 Å². The number of benzene rings is 1. The van der Waals surface area contributed by atoms with Crippen LogP contribution in [0.5, 0.6) is 5.88 Å². The Labute approximate surface area is 266 Å². The van der Waals surface area contributed by atoms with Crippen molar-refractivity contribution in [2.75, 3.05) is 23.0 Å². The van der Waals surface area contributed by atoms with Crippen molar-refractivity contribution in [1.29, 1.82) is 5.26 Å². The van der Waals surface area contributed by atoms with Crippen molar-refractivity contribution in [3.05, 3.63) is 47.3 Å². The molecule has 0 N–H and O–H groups in total. The van der Waals surface area contributed by atoms with Gasteiger partial charge < -0.3 is 19.1 Å². The smallest absolute Gasteiger partial charge is 0.474 e.